The van der Waals surface area contributed by atoms with Crippen LogP contribution in [0.2, 0.25) is 0 Å². The van der Waals surface area contributed by atoms with Crippen LogP contribution < -0.4 is 5.32 Å². The van der Waals surface area contributed by atoms with E-state index in [1.807, 2.05) is 18.2 Å². The van der Waals surface area contributed by atoms with Crippen molar-refractivity contribution in [1.29, 1.82) is 0 Å². The van der Waals surface area contributed by atoms with Gasteiger partial charge in [-0.2, -0.15) is 0 Å². The molecule has 4 nitrogen and oxygen atoms in total. The first-order valence-corrected chi connectivity index (χ1v) is 10.7. The standard InChI is InChI=1S/C28H21F2NO3/c1-2-18(28(33)34)12-17-10-11-25(30)26(13-17)31-27(32)24-16-21(19-7-5-8-22(29)15-19)14-20-6-3-4-9-23(20)24/h3-16H,2H2,1H3,(H,31,32)(H,33,34). The van der Waals surface area contributed by atoms with Gasteiger partial charge in [-0.05, 0) is 76.4 Å². The molecule has 0 aliphatic carbocycles. The number of aliphatic carboxylic acids is 1. The Hall–Kier alpha value is -4.32. The average molecular weight is 457 g/mol. The molecule has 6 heteroatoms. The summed E-state index contributed by atoms with van der Waals surface area (Å²) < 4.78 is 28.3. The lowest BCUT2D eigenvalue weighted by Gasteiger charge is -2.12. The molecule has 0 atom stereocenters. The Morgan fingerprint density at radius 2 is 1.71 bits per heavy atom. The summed E-state index contributed by atoms with van der Waals surface area (Å²) in [5.41, 5.74) is 2.11. The number of benzene rings is 4. The van der Waals surface area contributed by atoms with E-state index in [9.17, 15) is 23.5 Å². The van der Waals surface area contributed by atoms with Gasteiger partial charge in [0.15, 0.2) is 0 Å². The third-order valence-electron chi connectivity index (χ3n) is 5.50. The van der Waals surface area contributed by atoms with Crippen molar-refractivity contribution in [1.82, 2.24) is 0 Å². The van der Waals surface area contributed by atoms with Crippen molar-refractivity contribution in [2.75, 3.05) is 5.32 Å². The minimum absolute atomic E-state index is 0.0696. The summed E-state index contributed by atoms with van der Waals surface area (Å²) in [6.07, 6.45) is 1.74. The highest BCUT2D eigenvalue weighted by atomic mass is 19.1. The Labute approximate surface area is 195 Å². The Kier molecular flexibility index (Phi) is 6.50. The summed E-state index contributed by atoms with van der Waals surface area (Å²) in [4.78, 5) is 24.6. The Morgan fingerprint density at radius 3 is 2.44 bits per heavy atom. The van der Waals surface area contributed by atoms with Gasteiger partial charge in [-0.25, -0.2) is 13.6 Å². The van der Waals surface area contributed by atoms with E-state index in [0.717, 1.165) is 5.39 Å². The molecule has 0 saturated heterocycles. The Balaban J connectivity index is 1.75. The van der Waals surface area contributed by atoms with E-state index in [-0.39, 0.29) is 11.3 Å². The molecule has 4 rings (SSSR count). The lowest BCUT2D eigenvalue weighted by molar-refractivity contribution is -0.132. The first-order valence-electron chi connectivity index (χ1n) is 10.7. The molecule has 0 radical (unpaired) electrons. The van der Waals surface area contributed by atoms with E-state index in [0.29, 0.717) is 34.1 Å². The van der Waals surface area contributed by atoms with Crippen molar-refractivity contribution in [3.63, 3.8) is 0 Å². The van der Waals surface area contributed by atoms with Gasteiger partial charge >= 0.3 is 5.97 Å². The SMILES string of the molecule is CCC(=Cc1ccc(F)c(NC(=O)c2cc(-c3cccc(F)c3)cc3ccccc23)c1)C(=O)O. The molecule has 170 valence electrons. The number of nitrogens with one attached hydrogen (secondary N) is 1. The van der Waals surface area contributed by atoms with Gasteiger partial charge in [0, 0.05) is 11.1 Å². The van der Waals surface area contributed by atoms with E-state index in [1.54, 1.807) is 37.3 Å². The normalized spacial score (nSPS) is 11.4. The number of anilines is 1. The highest BCUT2D eigenvalue weighted by Gasteiger charge is 2.16. The summed E-state index contributed by atoms with van der Waals surface area (Å²) in [5, 5.41) is 13.3. The summed E-state index contributed by atoms with van der Waals surface area (Å²) in [6, 6.07) is 20.9. The number of carbonyl (C=O) groups is 2. The van der Waals surface area contributed by atoms with Crippen LogP contribution in [0, 0.1) is 11.6 Å². The second-order valence-corrected chi connectivity index (χ2v) is 7.78. The van der Waals surface area contributed by atoms with Crippen LogP contribution in [-0.2, 0) is 4.79 Å². The molecule has 0 fully saturated rings. The quantitative estimate of drug-likeness (QED) is 0.309. The fourth-order valence-electron chi connectivity index (χ4n) is 3.77. The highest BCUT2D eigenvalue weighted by Crippen LogP contribution is 2.29. The minimum Gasteiger partial charge on any atom is -0.478 e. The molecular weight excluding hydrogens is 436 g/mol. The van der Waals surface area contributed by atoms with E-state index >= 15 is 0 Å². The monoisotopic (exact) mass is 457 g/mol. The van der Waals surface area contributed by atoms with Gasteiger partial charge in [-0.15, -0.1) is 0 Å². The van der Waals surface area contributed by atoms with Gasteiger partial charge in [-0.3, -0.25) is 4.79 Å². The molecule has 0 aromatic heterocycles. The van der Waals surface area contributed by atoms with Crippen LogP contribution >= 0.6 is 0 Å². The third-order valence-corrected chi connectivity index (χ3v) is 5.50. The maximum Gasteiger partial charge on any atom is 0.331 e. The van der Waals surface area contributed by atoms with Crippen LogP contribution in [0.3, 0.4) is 0 Å². The van der Waals surface area contributed by atoms with Crippen LogP contribution in [0.4, 0.5) is 14.5 Å². The summed E-state index contributed by atoms with van der Waals surface area (Å²) in [5.74, 6) is -2.64. The van der Waals surface area contributed by atoms with Crippen molar-refractivity contribution in [3.05, 3.63) is 107 Å². The summed E-state index contributed by atoms with van der Waals surface area (Å²) in [7, 11) is 0. The van der Waals surface area contributed by atoms with Crippen molar-refractivity contribution in [3.8, 4) is 11.1 Å². The summed E-state index contributed by atoms with van der Waals surface area (Å²) in [6.45, 7) is 1.71. The molecule has 0 bridgehead atoms. The molecule has 2 N–H and O–H groups in total. The number of rotatable bonds is 6. The second-order valence-electron chi connectivity index (χ2n) is 7.78. The first kappa shape index (κ1) is 22.9. The zero-order valence-electron chi connectivity index (χ0n) is 18.3. The largest absolute Gasteiger partial charge is 0.478 e. The highest BCUT2D eigenvalue weighted by molar-refractivity contribution is 6.14. The van der Waals surface area contributed by atoms with E-state index in [4.69, 9.17) is 0 Å². The van der Waals surface area contributed by atoms with Gasteiger partial charge < -0.3 is 10.4 Å². The molecule has 0 saturated carbocycles. The zero-order valence-corrected chi connectivity index (χ0v) is 18.3. The predicted molar refractivity (Wildman–Crippen MR) is 130 cm³/mol. The van der Waals surface area contributed by atoms with Gasteiger partial charge in [0.25, 0.3) is 5.91 Å². The van der Waals surface area contributed by atoms with Gasteiger partial charge in [-0.1, -0.05) is 49.4 Å². The number of hydrogen-bond donors (Lipinski definition) is 2. The third kappa shape index (κ3) is 4.86. The molecule has 4 aromatic carbocycles. The molecule has 0 aliphatic rings. The number of carboxylic acids is 1. The lowest BCUT2D eigenvalue weighted by atomic mass is 9.96. The van der Waals surface area contributed by atoms with Gasteiger partial charge in [0.05, 0.1) is 5.69 Å². The van der Waals surface area contributed by atoms with Crippen molar-refractivity contribution >= 4 is 34.4 Å². The minimum atomic E-state index is -1.06. The molecule has 0 aliphatic heterocycles. The van der Waals surface area contributed by atoms with Crippen LogP contribution in [0.15, 0.2) is 84.4 Å². The van der Waals surface area contributed by atoms with Crippen LogP contribution in [0.25, 0.3) is 28.0 Å². The number of carbonyl (C=O) groups excluding carboxylic acids is 1. The van der Waals surface area contributed by atoms with E-state index < -0.39 is 23.5 Å². The molecule has 4 aromatic rings. The Morgan fingerprint density at radius 1 is 0.912 bits per heavy atom. The molecule has 0 heterocycles. The first-order chi connectivity index (χ1) is 16.4. The Bertz CT molecular complexity index is 1440. The van der Waals surface area contributed by atoms with Crippen LogP contribution in [0.1, 0.15) is 29.3 Å². The van der Waals surface area contributed by atoms with Crippen LogP contribution in [0.5, 0.6) is 0 Å². The van der Waals surface area contributed by atoms with Crippen LogP contribution in [-0.4, -0.2) is 17.0 Å². The maximum absolute atomic E-state index is 14.5. The zero-order chi connectivity index (χ0) is 24.2. The fraction of sp³-hybridized carbons (Fsp3) is 0.0714. The molecule has 0 spiro atoms. The smallest absolute Gasteiger partial charge is 0.331 e. The number of hydrogen-bond acceptors (Lipinski definition) is 2. The van der Waals surface area contributed by atoms with E-state index in [1.165, 1.54) is 36.4 Å². The van der Waals surface area contributed by atoms with Crippen molar-refractivity contribution in [2.45, 2.75) is 13.3 Å². The topological polar surface area (TPSA) is 66.4 Å². The van der Waals surface area contributed by atoms with E-state index in [2.05, 4.69) is 5.32 Å². The second kappa shape index (κ2) is 9.67. The number of fused-ring (bicyclic) bond motifs is 1. The summed E-state index contributed by atoms with van der Waals surface area (Å²) >= 11 is 0. The number of halogens is 2. The fourth-order valence-corrected chi connectivity index (χ4v) is 3.77. The molecule has 0 unspecified atom stereocenters. The molecule has 34 heavy (non-hydrogen) atoms. The predicted octanol–water partition coefficient (Wildman–Crippen LogP) is 6.92. The van der Waals surface area contributed by atoms with Crippen molar-refractivity contribution in [2.24, 2.45) is 0 Å². The number of amides is 1. The average Bonchev–Trinajstić information content (AvgIpc) is 2.83. The van der Waals surface area contributed by atoms with Gasteiger partial charge in [0.1, 0.15) is 11.6 Å². The number of carboxylic acid groups (broad SMARTS) is 1. The lowest BCUT2D eigenvalue weighted by Crippen LogP contribution is -2.14. The molecule has 1 amide bonds. The maximum atomic E-state index is 14.5. The van der Waals surface area contributed by atoms with Gasteiger partial charge in [0.2, 0.25) is 0 Å². The van der Waals surface area contributed by atoms with Crippen molar-refractivity contribution < 1.29 is 23.5 Å². The molecular formula is C28H21F2NO3.